The van der Waals surface area contributed by atoms with E-state index in [4.69, 9.17) is 0 Å². The van der Waals surface area contributed by atoms with Gasteiger partial charge in [-0.15, -0.1) is 0 Å². The molecule has 0 aromatic rings. The van der Waals surface area contributed by atoms with Crippen molar-refractivity contribution in [3.63, 3.8) is 0 Å². The molecule has 1 heterocycles. The molecular weight excluding hydrogens is 230 g/mol. The second-order valence-corrected chi connectivity index (χ2v) is 6.08. The first-order chi connectivity index (χ1) is 8.29. The van der Waals surface area contributed by atoms with Gasteiger partial charge < -0.3 is 16.0 Å². The molecule has 1 aliphatic heterocycles. The SMILES string of the molecule is CC1CNCC1C(=O)NCCC(=O)NC(C)(C)C. The molecule has 0 radical (unpaired) electrons. The molecule has 5 nitrogen and oxygen atoms in total. The highest BCUT2D eigenvalue weighted by Crippen LogP contribution is 2.15. The number of rotatable bonds is 4. The number of hydrogen-bond donors (Lipinski definition) is 3. The first kappa shape index (κ1) is 15.0. The Labute approximate surface area is 109 Å². The molecular formula is C13H25N3O2. The molecule has 0 aromatic heterocycles. The van der Waals surface area contributed by atoms with Crippen molar-refractivity contribution >= 4 is 11.8 Å². The van der Waals surface area contributed by atoms with Gasteiger partial charge in [-0.1, -0.05) is 6.92 Å². The average Bonchev–Trinajstić information content (AvgIpc) is 2.61. The summed E-state index contributed by atoms with van der Waals surface area (Å²) >= 11 is 0. The summed E-state index contributed by atoms with van der Waals surface area (Å²) in [5.74, 6) is 0.431. The Morgan fingerprint density at radius 3 is 2.44 bits per heavy atom. The molecule has 1 aliphatic rings. The molecule has 0 aliphatic carbocycles. The second kappa shape index (κ2) is 6.18. The van der Waals surface area contributed by atoms with Crippen molar-refractivity contribution in [3.05, 3.63) is 0 Å². The average molecular weight is 255 g/mol. The quantitative estimate of drug-likeness (QED) is 0.675. The van der Waals surface area contributed by atoms with Gasteiger partial charge in [-0.3, -0.25) is 9.59 Å². The van der Waals surface area contributed by atoms with E-state index in [9.17, 15) is 9.59 Å². The summed E-state index contributed by atoms with van der Waals surface area (Å²) in [6.07, 6.45) is 0.331. The number of amides is 2. The molecule has 18 heavy (non-hydrogen) atoms. The highest BCUT2D eigenvalue weighted by Gasteiger charge is 2.29. The molecule has 1 fully saturated rings. The maximum atomic E-state index is 11.8. The third kappa shape index (κ3) is 5.04. The summed E-state index contributed by atoms with van der Waals surface area (Å²) < 4.78 is 0. The monoisotopic (exact) mass is 255 g/mol. The lowest BCUT2D eigenvalue weighted by atomic mass is 9.97. The van der Waals surface area contributed by atoms with Gasteiger partial charge in [0, 0.05) is 25.0 Å². The van der Waals surface area contributed by atoms with Crippen LogP contribution in [0.15, 0.2) is 0 Å². The highest BCUT2D eigenvalue weighted by atomic mass is 16.2. The molecule has 1 saturated heterocycles. The van der Waals surface area contributed by atoms with Gasteiger partial charge in [-0.25, -0.2) is 0 Å². The Kier molecular flexibility index (Phi) is 5.14. The predicted octanol–water partition coefficient (Wildman–Crippen LogP) is 0.263. The topological polar surface area (TPSA) is 70.2 Å². The summed E-state index contributed by atoms with van der Waals surface area (Å²) in [6, 6.07) is 0. The van der Waals surface area contributed by atoms with E-state index < -0.39 is 0 Å². The van der Waals surface area contributed by atoms with Crippen molar-refractivity contribution in [2.45, 2.75) is 39.7 Å². The second-order valence-electron chi connectivity index (χ2n) is 6.08. The van der Waals surface area contributed by atoms with E-state index in [1.807, 2.05) is 20.8 Å². The fourth-order valence-electron chi connectivity index (χ4n) is 2.07. The van der Waals surface area contributed by atoms with Crippen LogP contribution in [0.3, 0.4) is 0 Å². The maximum absolute atomic E-state index is 11.8. The first-order valence-corrected chi connectivity index (χ1v) is 6.59. The summed E-state index contributed by atoms with van der Waals surface area (Å²) in [6.45, 7) is 9.92. The van der Waals surface area contributed by atoms with Gasteiger partial charge in [0.2, 0.25) is 11.8 Å². The van der Waals surface area contributed by atoms with Crippen molar-refractivity contribution in [1.82, 2.24) is 16.0 Å². The van der Waals surface area contributed by atoms with Crippen LogP contribution in [0.25, 0.3) is 0 Å². The lowest BCUT2D eigenvalue weighted by Crippen LogP contribution is -2.42. The summed E-state index contributed by atoms with van der Waals surface area (Å²) in [5, 5.41) is 8.89. The summed E-state index contributed by atoms with van der Waals surface area (Å²) in [7, 11) is 0. The molecule has 0 bridgehead atoms. The van der Waals surface area contributed by atoms with Gasteiger partial charge in [0.1, 0.15) is 0 Å². The molecule has 2 unspecified atom stereocenters. The van der Waals surface area contributed by atoms with E-state index in [0.29, 0.717) is 18.9 Å². The Morgan fingerprint density at radius 1 is 1.28 bits per heavy atom. The maximum Gasteiger partial charge on any atom is 0.224 e. The lowest BCUT2D eigenvalue weighted by molar-refractivity contribution is -0.125. The Morgan fingerprint density at radius 2 is 1.94 bits per heavy atom. The van der Waals surface area contributed by atoms with Gasteiger partial charge in [-0.2, -0.15) is 0 Å². The smallest absolute Gasteiger partial charge is 0.224 e. The van der Waals surface area contributed by atoms with Crippen LogP contribution in [-0.2, 0) is 9.59 Å². The van der Waals surface area contributed by atoms with E-state index in [2.05, 4.69) is 22.9 Å². The number of hydrogen-bond acceptors (Lipinski definition) is 3. The van der Waals surface area contributed by atoms with Crippen molar-refractivity contribution < 1.29 is 9.59 Å². The molecule has 2 atom stereocenters. The molecule has 3 N–H and O–H groups in total. The van der Waals surface area contributed by atoms with Crippen molar-refractivity contribution in [2.75, 3.05) is 19.6 Å². The number of nitrogens with one attached hydrogen (secondary N) is 3. The van der Waals surface area contributed by atoms with Crippen LogP contribution in [0.2, 0.25) is 0 Å². The molecule has 2 amide bonds. The number of carbonyl (C=O) groups excluding carboxylic acids is 2. The minimum atomic E-state index is -0.217. The molecule has 0 saturated carbocycles. The number of carbonyl (C=O) groups is 2. The van der Waals surface area contributed by atoms with Crippen LogP contribution < -0.4 is 16.0 Å². The third-order valence-corrected chi connectivity index (χ3v) is 3.02. The highest BCUT2D eigenvalue weighted by molar-refractivity contribution is 5.81. The van der Waals surface area contributed by atoms with E-state index >= 15 is 0 Å². The van der Waals surface area contributed by atoms with Crippen LogP contribution in [-0.4, -0.2) is 37.0 Å². The van der Waals surface area contributed by atoms with E-state index in [-0.39, 0.29) is 23.3 Å². The van der Waals surface area contributed by atoms with Crippen LogP contribution in [0.4, 0.5) is 0 Å². The molecule has 104 valence electrons. The fourth-order valence-corrected chi connectivity index (χ4v) is 2.07. The van der Waals surface area contributed by atoms with Crippen molar-refractivity contribution in [2.24, 2.45) is 11.8 Å². The summed E-state index contributed by atoms with van der Waals surface area (Å²) in [5.41, 5.74) is -0.217. The molecule has 0 spiro atoms. The first-order valence-electron chi connectivity index (χ1n) is 6.59. The normalized spacial score (nSPS) is 23.8. The van der Waals surface area contributed by atoms with Gasteiger partial charge in [0.05, 0.1) is 5.92 Å². The van der Waals surface area contributed by atoms with Crippen LogP contribution in [0.5, 0.6) is 0 Å². The standard InChI is InChI=1S/C13H25N3O2/c1-9-7-14-8-10(9)12(18)15-6-5-11(17)16-13(2,3)4/h9-10,14H,5-8H2,1-4H3,(H,15,18)(H,16,17). The Balaban J connectivity index is 2.21. The fraction of sp³-hybridized carbons (Fsp3) is 0.846. The Hall–Kier alpha value is -1.10. The lowest BCUT2D eigenvalue weighted by Gasteiger charge is -2.20. The van der Waals surface area contributed by atoms with Crippen LogP contribution >= 0.6 is 0 Å². The largest absolute Gasteiger partial charge is 0.355 e. The van der Waals surface area contributed by atoms with E-state index in [0.717, 1.165) is 13.1 Å². The molecule has 0 aromatic carbocycles. The van der Waals surface area contributed by atoms with Gasteiger partial charge in [0.25, 0.3) is 0 Å². The zero-order valence-corrected chi connectivity index (χ0v) is 11.8. The summed E-state index contributed by atoms with van der Waals surface area (Å²) in [4.78, 5) is 23.4. The minimum Gasteiger partial charge on any atom is -0.355 e. The van der Waals surface area contributed by atoms with Gasteiger partial charge in [0.15, 0.2) is 0 Å². The third-order valence-electron chi connectivity index (χ3n) is 3.02. The van der Waals surface area contributed by atoms with Crippen LogP contribution in [0, 0.1) is 11.8 Å². The van der Waals surface area contributed by atoms with Gasteiger partial charge in [-0.05, 0) is 33.2 Å². The van der Waals surface area contributed by atoms with E-state index in [1.54, 1.807) is 0 Å². The molecule has 1 rings (SSSR count). The Bertz CT molecular complexity index is 310. The van der Waals surface area contributed by atoms with E-state index in [1.165, 1.54) is 0 Å². The zero-order valence-electron chi connectivity index (χ0n) is 11.8. The van der Waals surface area contributed by atoms with Gasteiger partial charge >= 0.3 is 0 Å². The zero-order chi connectivity index (χ0) is 13.8. The minimum absolute atomic E-state index is 0.0274. The van der Waals surface area contributed by atoms with Crippen LogP contribution in [0.1, 0.15) is 34.1 Å². The van der Waals surface area contributed by atoms with Crippen molar-refractivity contribution in [3.8, 4) is 0 Å². The predicted molar refractivity (Wildman–Crippen MR) is 71.0 cm³/mol. The molecule has 5 heteroatoms. The van der Waals surface area contributed by atoms with Crippen molar-refractivity contribution in [1.29, 1.82) is 0 Å².